The SMILES string of the molecule is CCOC(=O)c1c(-c2ccc(-c3nn(-c4ccc(C)cc4)c(C)c3C(=O)OCC)cc2)nn(-c2ccccc2)c1C. The standard InChI is InChI=1S/C33H32N4O4/c1-6-40-32(38)28-22(4)36(26-11-9-8-10-12-26)34-30(28)24-15-17-25(18-16-24)31-29(33(39)41-7-2)23(5)37(35-31)27-19-13-21(3)14-20-27/h8-20H,6-7H2,1-5H3. The molecule has 0 spiro atoms. The minimum absolute atomic E-state index is 0.256. The number of benzene rings is 3. The van der Waals surface area contributed by atoms with Gasteiger partial charge >= 0.3 is 11.9 Å². The van der Waals surface area contributed by atoms with Crippen molar-refractivity contribution in [3.63, 3.8) is 0 Å². The number of ether oxygens (including phenoxy) is 2. The van der Waals surface area contributed by atoms with Crippen LogP contribution in [0.4, 0.5) is 0 Å². The topological polar surface area (TPSA) is 88.2 Å². The van der Waals surface area contributed by atoms with Gasteiger partial charge in [0.15, 0.2) is 0 Å². The second-order valence-electron chi connectivity index (χ2n) is 9.63. The van der Waals surface area contributed by atoms with Crippen LogP contribution in [-0.4, -0.2) is 44.7 Å². The lowest BCUT2D eigenvalue weighted by atomic mass is 10.0. The van der Waals surface area contributed by atoms with Gasteiger partial charge in [0, 0.05) is 11.1 Å². The van der Waals surface area contributed by atoms with Crippen LogP contribution in [0.5, 0.6) is 0 Å². The van der Waals surface area contributed by atoms with Gasteiger partial charge in [-0.3, -0.25) is 0 Å². The third-order valence-corrected chi connectivity index (χ3v) is 6.90. The first kappa shape index (κ1) is 27.6. The molecule has 0 radical (unpaired) electrons. The van der Waals surface area contributed by atoms with Gasteiger partial charge in [0.2, 0.25) is 0 Å². The first-order chi connectivity index (χ1) is 19.8. The van der Waals surface area contributed by atoms with E-state index in [1.165, 1.54) is 0 Å². The number of nitrogens with zero attached hydrogens (tertiary/aromatic N) is 4. The maximum atomic E-state index is 13.1. The molecule has 0 fully saturated rings. The molecular weight excluding hydrogens is 516 g/mol. The Morgan fingerprint density at radius 1 is 0.610 bits per heavy atom. The molecule has 0 atom stereocenters. The van der Waals surface area contributed by atoms with Crippen LogP contribution < -0.4 is 0 Å². The number of carbonyl (C=O) groups excluding carboxylic acids is 2. The fourth-order valence-corrected chi connectivity index (χ4v) is 4.85. The van der Waals surface area contributed by atoms with Crippen molar-refractivity contribution in [2.75, 3.05) is 13.2 Å². The summed E-state index contributed by atoms with van der Waals surface area (Å²) in [4.78, 5) is 26.1. The molecule has 0 saturated heterocycles. The Bertz CT molecular complexity index is 1700. The largest absolute Gasteiger partial charge is 0.462 e. The third-order valence-electron chi connectivity index (χ3n) is 6.90. The number of para-hydroxylation sites is 1. The molecule has 5 rings (SSSR count). The third kappa shape index (κ3) is 5.28. The summed E-state index contributed by atoms with van der Waals surface area (Å²) in [5.74, 6) is -0.854. The Morgan fingerprint density at radius 2 is 1.02 bits per heavy atom. The summed E-state index contributed by atoms with van der Waals surface area (Å²) in [5, 5.41) is 9.65. The Kier molecular flexibility index (Phi) is 7.83. The minimum atomic E-state index is -0.427. The molecule has 5 aromatic rings. The first-order valence-corrected chi connectivity index (χ1v) is 13.6. The maximum absolute atomic E-state index is 13.1. The van der Waals surface area contributed by atoms with Crippen molar-refractivity contribution in [3.8, 4) is 33.9 Å². The molecule has 0 aliphatic carbocycles. The highest BCUT2D eigenvalue weighted by atomic mass is 16.5. The van der Waals surface area contributed by atoms with Crippen LogP contribution in [0.2, 0.25) is 0 Å². The number of aryl methyl sites for hydroxylation is 1. The predicted molar refractivity (Wildman–Crippen MR) is 158 cm³/mol. The van der Waals surface area contributed by atoms with E-state index in [1.54, 1.807) is 23.2 Å². The van der Waals surface area contributed by atoms with E-state index in [-0.39, 0.29) is 13.2 Å². The molecule has 41 heavy (non-hydrogen) atoms. The number of hydrogen-bond donors (Lipinski definition) is 0. The molecule has 2 aromatic heterocycles. The quantitative estimate of drug-likeness (QED) is 0.201. The lowest BCUT2D eigenvalue weighted by molar-refractivity contribution is 0.0516. The average Bonchev–Trinajstić information content (AvgIpc) is 3.51. The van der Waals surface area contributed by atoms with E-state index in [0.717, 1.165) is 28.1 Å². The van der Waals surface area contributed by atoms with Crippen molar-refractivity contribution in [1.82, 2.24) is 19.6 Å². The van der Waals surface area contributed by atoms with Gasteiger partial charge in [0.1, 0.15) is 22.5 Å². The second kappa shape index (κ2) is 11.6. The summed E-state index contributed by atoms with van der Waals surface area (Å²) < 4.78 is 14.3. The van der Waals surface area contributed by atoms with Crippen LogP contribution in [-0.2, 0) is 9.47 Å². The lowest BCUT2D eigenvalue weighted by Crippen LogP contribution is -2.08. The maximum Gasteiger partial charge on any atom is 0.342 e. The number of carbonyl (C=O) groups is 2. The monoisotopic (exact) mass is 548 g/mol. The highest BCUT2D eigenvalue weighted by Gasteiger charge is 2.26. The summed E-state index contributed by atoms with van der Waals surface area (Å²) in [7, 11) is 0. The van der Waals surface area contributed by atoms with E-state index in [1.807, 2.05) is 99.6 Å². The van der Waals surface area contributed by atoms with Crippen molar-refractivity contribution in [1.29, 1.82) is 0 Å². The smallest absolute Gasteiger partial charge is 0.342 e. The molecule has 8 nitrogen and oxygen atoms in total. The van der Waals surface area contributed by atoms with E-state index in [0.29, 0.717) is 33.9 Å². The predicted octanol–water partition coefficient (Wildman–Crippen LogP) is 6.67. The van der Waals surface area contributed by atoms with E-state index in [4.69, 9.17) is 19.7 Å². The molecule has 2 heterocycles. The van der Waals surface area contributed by atoms with Crippen LogP contribution in [0.15, 0.2) is 78.9 Å². The van der Waals surface area contributed by atoms with Gasteiger partial charge in [-0.1, -0.05) is 60.2 Å². The zero-order valence-electron chi connectivity index (χ0n) is 23.8. The number of rotatable bonds is 8. The van der Waals surface area contributed by atoms with Gasteiger partial charge in [-0.25, -0.2) is 19.0 Å². The van der Waals surface area contributed by atoms with Crippen molar-refractivity contribution in [3.05, 3.63) is 107 Å². The van der Waals surface area contributed by atoms with E-state index >= 15 is 0 Å². The Morgan fingerprint density at radius 3 is 1.44 bits per heavy atom. The van der Waals surface area contributed by atoms with Gasteiger partial charge in [0.05, 0.1) is 36.0 Å². The Balaban J connectivity index is 1.61. The summed E-state index contributed by atoms with van der Waals surface area (Å²) in [6.45, 7) is 9.82. The first-order valence-electron chi connectivity index (χ1n) is 13.6. The van der Waals surface area contributed by atoms with Crippen molar-refractivity contribution < 1.29 is 19.1 Å². The van der Waals surface area contributed by atoms with E-state index in [9.17, 15) is 9.59 Å². The Hall–Kier alpha value is -4.98. The molecule has 0 aliphatic rings. The zero-order valence-corrected chi connectivity index (χ0v) is 23.8. The van der Waals surface area contributed by atoms with Crippen molar-refractivity contribution in [2.24, 2.45) is 0 Å². The number of esters is 2. The van der Waals surface area contributed by atoms with E-state index in [2.05, 4.69) is 0 Å². The molecular formula is C33H32N4O4. The van der Waals surface area contributed by atoms with Crippen molar-refractivity contribution in [2.45, 2.75) is 34.6 Å². The minimum Gasteiger partial charge on any atom is -0.462 e. The lowest BCUT2D eigenvalue weighted by Gasteiger charge is -2.06. The van der Waals surface area contributed by atoms with Crippen LogP contribution in [0, 0.1) is 20.8 Å². The molecule has 208 valence electrons. The normalized spacial score (nSPS) is 11.0. The molecule has 0 amide bonds. The highest BCUT2D eigenvalue weighted by Crippen LogP contribution is 2.32. The van der Waals surface area contributed by atoms with Crippen LogP contribution in [0.3, 0.4) is 0 Å². The highest BCUT2D eigenvalue weighted by molar-refractivity contribution is 5.99. The molecule has 3 aromatic carbocycles. The number of aromatic nitrogens is 4. The molecule has 0 bridgehead atoms. The number of hydrogen-bond acceptors (Lipinski definition) is 6. The van der Waals surface area contributed by atoms with Crippen molar-refractivity contribution >= 4 is 11.9 Å². The molecule has 0 N–H and O–H groups in total. The fraction of sp³-hybridized carbons (Fsp3) is 0.212. The molecule has 0 unspecified atom stereocenters. The van der Waals surface area contributed by atoms with Gasteiger partial charge < -0.3 is 9.47 Å². The van der Waals surface area contributed by atoms with Crippen LogP contribution >= 0.6 is 0 Å². The summed E-state index contributed by atoms with van der Waals surface area (Å²) >= 11 is 0. The summed E-state index contributed by atoms with van der Waals surface area (Å²) in [5.41, 5.74) is 7.53. The summed E-state index contributed by atoms with van der Waals surface area (Å²) in [6, 6.07) is 25.1. The van der Waals surface area contributed by atoms with Gasteiger partial charge in [0.25, 0.3) is 0 Å². The fourth-order valence-electron chi connectivity index (χ4n) is 4.85. The molecule has 0 aliphatic heterocycles. The molecule has 0 saturated carbocycles. The van der Waals surface area contributed by atoms with Crippen LogP contribution in [0.1, 0.15) is 51.5 Å². The van der Waals surface area contributed by atoms with Gasteiger partial charge in [-0.2, -0.15) is 10.2 Å². The van der Waals surface area contributed by atoms with Gasteiger partial charge in [-0.15, -0.1) is 0 Å². The van der Waals surface area contributed by atoms with Crippen LogP contribution in [0.25, 0.3) is 33.9 Å². The second-order valence-corrected chi connectivity index (χ2v) is 9.63. The van der Waals surface area contributed by atoms with E-state index < -0.39 is 11.9 Å². The summed E-state index contributed by atoms with van der Waals surface area (Å²) in [6.07, 6.45) is 0. The Labute approximate surface area is 239 Å². The molecule has 8 heteroatoms. The average molecular weight is 549 g/mol. The zero-order chi connectivity index (χ0) is 29.1. The van der Waals surface area contributed by atoms with Gasteiger partial charge in [-0.05, 0) is 58.9 Å².